The van der Waals surface area contributed by atoms with Crippen LogP contribution in [0.3, 0.4) is 0 Å². The molecule has 0 spiro atoms. The SMILES string of the molecule is CCOCSc1cccc(N)c1C. The highest BCUT2D eigenvalue weighted by Crippen LogP contribution is 2.25. The molecular weight excluding hydrogens is 182 g/mol. The molecule has 0 bridgehead atoms. The number of benzene rings is 1. The van der Waals surface area contributed by atoms with Gasteiger partial charge in [-0.05, 0) is 31.5 Å². The Bertz CT molecular complexity index is 276. The Morgan fingerprint density at radius 3 is 2.92 bits per heavy atom. The number of hydrogen-bond donors (Lipinski definition) is 1. The molecule has 0 aliphatic rings. The number of ether oxygens (including phenoxy) is 1. The third-order valence-corrected chi connectivity index (χ3v) is 2.87. The van der Waals surface area contributed by atoms with Crippen LogP contribution in [-0.2, 0) is 4.74 Å². The lowest BCUT2D eigenvalue weighted by Crippen LogP contribution is -1.93. The van der Waals surface area contributed by atoms with Crippen molar-refractivity contribution >= 4 is 17.4 Å². The minimum Gasteiger partial charge on any atom is -0.398 e. The molecule has 0 saturated heterocycles. The summed E-state index contributed by atoms with van der Waals surface area (Å²) < 4.78 is 5.25. The van der Waals surface area contributed by atoms with Crippen LogP contribution in [0.2, 0.25) is 0 Å². The van der Waals surface area contributed by atoms with Gasteiger partial charge in [-0.3, -0.25) is 0 Å². The summed E-state index contributed by atoms with van der Waals surface area (Å²) >= 11 is 1.68. The summed E-state index contributed by atoms with van der Waals surface area (Å²) in [6.07, 6.45) is 0. The van der Waals surface area contributed by atoms with E-state index in [1.54, 1.807) is 11.8 Å². The molecule has 0 saturated carbocycles. The summed E-state index contributed by atoms with van der Waals surface area (Å²) in [6, 6.07) is 5.95. The molecule has 0 atom stereocenters. The van der Waals surface area contributed by atoms with Crippen molar-refractivity contribution < 1.29 is 4.74 Å². The quantitative estimate of drug-likeness (QED) is 0.349. The molecule has 1 rings (SSSR count). The highest BCUT2D eigenvalue weighted by atomic mass is 32.2. The number of nitrogens with two attached hydrogens (primary N) is 1. The van der Waals surface area contributed by atoms with Crippen LogP contribution in [0, 0.1) is 6.92 Å². The molecule has 2 N–H and O–H groups in total. The molecular formula is C10H15NOS. The van der Waals surface area contributed by atoms with Gasteiger partial charge in [-0.1, -0.05) is 17.8 Å². The van der Waals surface area contributed by atoms with E-state index in [1.807, 2.05) is 26.0 Å². The Kier molecular flexibility index (Phi) is 4.12. The molecule has 0 amide bonds. The molecule has 1 aromatic carbocycles. The van der Waals surface area contributed by atoms with Crippen LogP contribution >= 0.6 is 11.8 Å². The van der Waals surface area contributed by atoms with Crippen LogP contribution in [0.25, 0.3) is 0 Å². The van der Waals surface area contributed by atoms with Gasteiger partial charge in [0.15, 0.2) is 0 Å². The lowest BCUT2D eigenvalue weighted by atomic mass is 10.2. The van der Waals surface area contributed by atoms with Gasteiger partial charge in [-0.15, -0.1) is 0 Å². The van der Waals surface area contributed by atoms with E-state index in [1.165, 1.54) is 4.90 Å². The third-order valence-electron chi connectivity index (χ3n) is 1.83. The van der Waals surface area contributed by atoms with Crippen LogP contribution in [-0.4, -0.2) is 12.5 Å². The molecule has 0 fully saturated rings. The maximum atomic E-state index is 5.77. The van der Waals surface area contributed by atoms with E-state index in [4.69, 9.17) is 10.5 Å². The summed E-state index contributed by atoms with van der Waals surface area (Å²) in [6.45, 7) is 4.78. The fourth-order valence-corrected chi connectivity index (χ4v) is 1.86. The molecule has 3 heteroatoms. The van der Waals surface area contributed by atoms with E-state index in [-0.39, 0.29) is 0 Å². The van der Waals surface area contributed by atoms with Crippen molar-refractivity contribution in [2.45, 2.75) is 18.7 Å². The molecule has 13 heavy (non-hydrogen) atoms. The maximum absolute atomic E-state index is 5.77. The van der Waals surface area contributed by atoms with Gasteiger partial charge >= 0.3 is 0 Å². The van der Waals surface area contributed by atoms with Crippen molar-refractivity contribution in [3.05, 3.63) is 23.8 Å². The monoisotopic (exact) mass is 197 g/mol. The number of nitrogen functional groups attached to an aromatic ring is 1. The molecule has 0 radical (unpaired) electrons. The molecule has 72 valence electrons. The second kappa shape index (κ2) is 5.14. The zero-order chi connectivity index (χ0) is 9.68. The van der Waals surface area contributed by atoms with E-state index in [0.717, 1.165) is 17.9 Å². The van der Waals surface area contributed by atoms with Gasteiger partial charge in [0.1, 0.15) is 0 Å². The summed E-state index contributed by atoms with van der Waals surface area (Å²) in [5.74, 6) is 0.695. The summed E-state index contributed by atoms with van der Waals surface area (Å²) in [5, 5.41) is 0. The lowest BCUT2D eigenvalue weighted by molar-refractivity contribution is 0.199. The van der Waals surface area contributed by atoms with Crippen LogP contribution < -0.4 is 5.73 Å². The summed E-state index contributed by atoms with van der Waals surface area (Å²) in [7, 11) is 0. The Balaban J connectivity index is 2.61. The molecule has 0 heterocycles. The average molecular weight is 197 g/mol. The van der Waals surface area contributed by atoms with Crippen LogP contribution in [0.5, 0.6) is 0 Å². The average Bonchev–Trinajstić information content (AvgIpc) is 2.13. The van der Waals surface area contributed by atoms with Crippen molar-refractivity contribution in [2.75, 3.05) is 18.3 Å². The molecule has 0 unspecified atom stereocenters. The van der Waals surface area contributed by atoms with Crippen molar-refractivity contribution in [3.63, 3.8) is 0 Å². The Hall–Kier alpha value is -0.670. The second-order valence-corrected chi connectivity index (χ2v) is 3.69. The predicted molar refractivity (Wildman–Crippen MR) is 57.9 cm³/mol. The lowest BCUT2D eigenvalue weighted by Gasteiger charge is -2.07. The number of rotatable bonds is 4. The van der Waals surface area contributed by atoms with E-state index in [0.29, 0.717) is 5.94 Å². The standard InChI is InChI=1S/C10H15NOS/c1-3-12-7-13-10-6-4-5-9(11)8(10)2/h4-6H,3,7,11H2,1-2H3. The first kappa shape index (κ1) is 10.4. The first-order valence-corrected chi connectivity index (χ1v) is 5.30. The third kappa shape index (κ3) is 2.94. The number of anilines is 1. The smallest absolute Gasteiger partial charge is 0.0966 e. The highest BCUT2D eigenvalue weighted by molar-refractivity contribution is 7.99. The minimum absolute atomic E-state index is 0.695. The van der Waals surface area contributed by atoms with Gasteiger partial charge in [0.05, 0.1) is 5.94 Å². The Labute approximate surface area is 83.5 Å². The second-order valence-electron chi connectivity index (χ2n) is 2.73. The van der Waals surface area contributed by atoms with E-state index >= 15 is 0 Å². The molecule has 0 aliphatic carbocycles. The molecule has 1 aromatic rings. The van der Waals surface area contributed by atoms with Crippen molar-refractivity contribution in [1.29, 1.82) is 0 Å². The molecule has 2 nitrogen and oxygen atoms in total. The molecule has 0 aromatic heterocycles. The maximum Gasteiger partial charge on any atom is 0.0966 e. The first-order chi connectivity index (χ1) is 6.25. The van der Waals surface area contributed by atoms with Crippen molar-refractivity contribution in [2.24, 2.45) is 0 Å². The van der Waals surface area contributed by atoms with Gasteiger partial charge in [0, 0.05) is 17.2 Å². The van der Waals surface area contributed by atoms with Gasteiger partial charge in [-0.25, -0.2) is 0 Å². The fraction of sp³-hybridized carbons (Fsp3) is 0.400. The Morgan fingerprint density at radius 1 is 1.46 bits per heavy atom. The number of thioether (sulfide) groups is 1. The zero-order valence-corrected chi connectivity index (χ0v) is 8.86. The zero-order valence-electron chi connectivity index (χ0n) is 8.04. The minimum atomic E-state index is 0.695. The van der Waals surface area contributed by atoms with E-state index in [2.05, 4.69) is 6.07 Å². The normalized spacial score (nSPS) is 10.3. The van der Waals surface area contributed by atoms with Gasteiger partial charge in [-0.2, -0.15) is 0 Å². The van der Waals surface area contributed by atoms with E-state index in [9.17, 15) is 0 Å². The largest absolute Gasteiger partial charge is 0.398 e. The van der Waals surface area contributed by atoms with Gasteiger partial charge < -0.3 is 10.5 Å². The van der Waals surface area contributed by atoms with Crippen molar-refractivity contribution in [1.82, 2.24) is 0 Å². The first-order valence-electron chi connectivity index (χ1n) is 4.31. The van der Waals surface area contributed by atoms with Gasteiger partial charge in [0.2, 0.25) is 0 Å². The highest BCUT2D eigenvalue weighted by Gasteiger charge is 2.00. The Morgan fingerprint density at radius 2 is 2.23 bits per heavy atom. The summed E-state index contributed by atoms with van der Waals surface area (Å²) in [5.41, 5.74) is 7.76. The number of hydrogen-bond acceptors (Lipinski definition) is 3. The fourth-order valence-electron chi connectivity index (χ4n) is 0.976. The van der Waals surface area contributed by atoms with Crippen LogP contribution in [0.1, 0.15) is 12.5 Å². The van der Waals surface area contributed by atoms with Gasteiger partial charge in [0.25, 0.3) is 0 Å². The van der Waals surface area contributed by atoms with E-state index < -0.39 is 0 Å². The predicted octanol–water partition coefficient (Wildman–Crippen LogP) is 2.66. The van der Waals surface area contributed by atoms with Crippen LogP contribution in [0.4, 0.5) is 5.69 Å². The van der Waals surface area contributed by atoms with Crippen molar-refractivity contribution in [3.8, 4) is 0 Å². The summed E-state index contributed by atoms with van der Waals surface area (Å²) in [4.78, 5) is 1.20. The molecule has 0 aliphatic heterocycles. The topological polar surface area (TPSA) is 35.2 Å². The van der Waals surface area contributed by atoms with Crippen LogP contribution in [0.15, 0.2) is 23.1 Å².